The number of anilines is 1. The van der Waals surface area contributed by atoms with Gasteiger partial charge in [-0.15, -0.1) is 0 Å². The van der Waals surface area contributed by atoms with Crippen molar-refractivity contribution in [1.29, 1.82) is 0 Å². The van der Waals surface area contributed by atoms with Crippen molar-refractivity contribution in [3.63, 3.8) is 0 Å². The van der Waals surface area contributed by atoms with Crippen LogP contribution in [0.1, 0.15) is 0 Å². The average Bonchev–Trinajstić information content (AvgIpc) is 1.99. The number of hydrogen-bond acceptors (Lipinski definition) is 4. The number of ether oxygens (including phenoxy) is 1. The number of aliphatic hydroxyl groups is 1. The van der Waals surface area contributed by atoms with Crippen LogP contribution in [-0.2, 0) is 0 Å². The van der Waals surface area contributed by atoms with Crippen LogP contribution in [0.5, 0.6) is 5.88 Å². The van der Waals surface area contributed by atoms with Crippen LogP contribution in [0.3, 0.4) is 0 Å². The number of halogens is 1. The lowest BCUT2D eigenvalue weighted by Gasteiger charge is -2.03. The Kier molecular flexibility index (Phi) is 3.13. The van der Waals surface area contributed by atoms with Gasteiger partial charge in [-0.3, -0.25) is 0 Å². The maximum atomic E-state index is 8.45. The first-order valence-corrected chi connectivity index (χ1v) is 3.77. The van der Waals surface area contributed by atoms with Crippen LogP contribution in [0.2, 0.25) is 5.15 Å². The first-order chi connectivity index (χ1) is 5.72. The predicted molar refractivity (Wildman–Crippen MR) is 46.2 cm³/mol. The van der Waals surface area contributed by atoms with Crippen LogP contribution < -0.4 is 10.5 Å². The number of nitrogens with two attached hydrogens (primary N) is 1. The molecule has 1 heterocycles. The van der Waals surface area contributed by atoms with Crippen molar-refractivity contribution in [3.8, 4) is 5.88 Å². The Bertz CT molecular complexity index is 247. The molecule has 0 amide bonds. The van der Waals surface area contributed by atoms with Gasteiger partial charge in [-0.25, -0.2) is 4.98 Å². The van der Waals surface area contributed by atoms with Gasteiger partial charge in [0.15, 0.2) is 0 Å². The molecule has 0 bridgehead atoms. The number of aliphatic hydroxyl groups excluding tert-OH is 1. The fourth-order valence-electron chi connectivity index (χ4n) is 0.716. The summed E-state index contributed by atoms with van der Waals surface area (Å²) in [6.45, 7) is 0.126. The molecule has 0 saturated carbocycles. The van der Waals surface area contributed by atoms with E-state index in [1.165, 1.54) is 6.07 Å². The normalized spacial score (nSPS) is 9.83. The first-order valence-electron chi connectivity index (χ1n) is 3.39. The molecule has 0 aliphatic rings. The maximum absolute atomic E-state index is 8.45. The Balaban J connectivity index is 2.72. The van der Waals surface area contributed by atoms with E-state index in [0.717, 1.165) is 0 Å². The molecule has 5 heteroatoms. The topological polar surface area (TPSA) is 68.4 Å². The number of nitrogens with zero attached hydrogens (tertiary/aromatic N) is 1. The molecule has 1 aromatic rings. The Morgan fingerprint density at radius 1 is 1.58 bits per heavy atom. The van der Waals surface area contributed by atoms with Gasteiger partial charge in [0, 0.05) is 11.8 Å². The van der Waals surface area contributed by atoms with Crippen LogP contribution >= 0.6 is 11.6 Å². The predicted octanol–water partition coefficient (Wildman–Crippen LogP) is 0.688. The largest absolute Gasteiger partial charge is 0.475 e. The zero-order chi connectivity index (χ0) is 8.97. The zero-order valence-corrected chi connectivity index (χ0v) is 7.08. The highest BCUT2D eigenvalue weighted by molar-refractivity contribution is 6.29. The molecule has 0 spiro atoms. The Hall–Kier alpha value is -1.00. The Labute approximate surface area is 74.9 Å². The zero-order valence-electron chi connectivity index (χ0n) is 6.33. The highest BCUT2D eigenvalue weighted by Crippen LogP contribution is 2.17. The van der Waals surface area contributed by atoms with Crippen molar-refractivity contribution in [2.75, 3.05) is 18.9 Å². The van der Waals surface area contributed by atoms with Crippen LogP contribution in [0.25, 0.3) is 0 Å². The Morgan fingerprint density at radius 3 is 2.92 bits per heavy atom. The van der Waals surface area contributed by atoms with Crippen LogP contribution in [0.15, 0.2) is 12.1 Å². The van der Waals surface area contributed by atoms with Gasteiger partial charge >= 0.3 is 0 Å². The van der Waals surface area contributed by atoms with Crippen LogP contribution in [0.4, 0.5) is 5.69 Å². The van der Waals surface area contributed by atoms with E-state index in [0.29, 0.717) is 11.6 Å². The third-order valence-corrected chi connectivity index (χ3v) is 1.33. The minimum atomic E-state index is -0.0614. The number of rotatable bonds is 3. The van der Waals surface area contributed by atoms with E-state index in [-0.39, 0.29) is 18.4 Å². The molecule has 0 aliphatic heterocycles. The van der Waals surface area contributed by atoms with Gasteiger partial charge in [0.05, 0.1) is 6.61 Å². The lowest BCUT2D eigenvalue weighted by molar-refractivity contribution is 0.197. The highest BCUT2D eigenvalue weighted by atomic mass is 35.5. The van der Waals surface area contributed by atoms with Gasteiger partial charge in [-0.05, 0) is 6.07 Å². The quantitative estimate of drug-likeness (QED) is 0.685. The molecule has 0 fully saturated rings. The van der Waals surface area contributed by atoms with Gasteiger partial charge < -0.3 is 15.6 Å². The van der Waals surface area contributed by atoms with E-state index in [9.17, 15) is 0 Å². The molecule has 1 rings (SSSR count). The smallest absolute Gasteiger partial charge is 0.216 e. The molecular formula is C7H9ClN2O2. The standard InChI is InChI=1S/C7H9ClN2O2/c8-6-3-5(9)4-7(10-6)12-2-1-11/h3-4,11H,1-2H2,(H2,9,10). The second-order valence-electron chi connectivity index (χ2n) is 2.13. The van der Waals surface area contributed by atoms with Crippen molar-refractivity contribution in [2.45, 2.75) is 0 Å². The summed E-state index contributed by atoms with van der Waals surface area (Å²) in [6.07, 6.45) is 0. The Morgan fingerprint density at radius 2 is 2.33 bits per heavy atom. The van der Waals surface area contributed by atoms with E-state index < -0.39 is 0 Å². The summed E-state index contributed by atoms with van der Waals surface area (Å²) < 4.78 is 4.99. The van der Waals surface area contributed by atoms with Crippen molar-refractivity contribution in [1.82, 2.24) is 4.98 Å². The van der Waals surface area contributed by atoms with E-state index in [4.69, 9.17) is 27.2 Å². The summed E-state index contributed by atoms with van der Waals surface area (Å²) in [5.41, 5.74) is 5.95. The van der Waals surface area contributed by atoms with Crippen LogP contribution in [0, 0.1) is 0 Å². The SMILES string of the molecule is Nc1cc(Cl)nc(OCCO)c1. The maximum Gasteiger partial charge on any atom is 0.216 e. The van der Waals surface area contributed by atoms with Crippen LogP contribution in [-0.4, -0.2) is 23.3 Å². The second kappa shape index (κ2) is 4.13. The molecule has 0 aliphatic carbocycles. The minimum Gasteiger partial charge on any atom is -0.475 e. The van der Waals surface area contributed by atoms with E-state index in [1.54, 1.807) is 6.07 Å². The molecule has 0 radical (unpaired) electrons. The third-order valence-electron chi connectivity index (χ3n) is 1.13. The summed E-state index contributed by atoms with van der Waals surface area (Å²) in [5, 5.41) is 8.73. The lowest BCUT2D eigenvalue weighted by Crippen LogP contribution is -2.03. The van der Waals surface area contributed by atoms with E-state index in [1.807, 2.05) is 0 Å². The monoisotopic (exact) mass is 188 g/mol. The van der Waals surface area contributed by atoms with E-state index in [2.05, 4.69) is 4.98 Å². The number of aromatic nitrogens is 1. The van der Waals surface area contributed by atoms with Crippen molar-refractivity contribution >= 4 is 17.3 Å². The molecule has 1 aromatic heterocycles. The number of hydrogen-bond donors (Lipinski definition) is 2. The summed E-state index contributed by atoms with van der Waals surface area (Å²) in [4.78, 5) is 3.82. The minimum absolute atomic E-state index is 0.0614. The second-order valence-corrected chi connectivity index (χ2v) is 2.52. The van der Waals surface area contributed by atoms with Crippen molar-refractivity contribution < 1.29 is 9.84 Å². The van der Waals surface area contributed by atoms with Gasteiger partial charge in [-0.1, -0.05) is 11.6 Å². The summed E-state index contributed by atoms with van der Waals surface area (Å²) in [6, 6.07) is 3.06. The van der Waals surface area contributed by atoms with Gasteiger partial charge in [0.2, 0.25) is 5.88 Å². The molecule has 0 unspecified atom stereocenters. The molecule has 0 atom stereocenters. The summed E-state index contributed by atoms with van der Waals surface area (Å²) in [5.74, 6) is 0.328. The molecule has 66 valence electrons. The fourth-order valence-corrected chi connectivity index (χ4v) is 0.925. The number of nitrogen functional groups attached to an aromatic ring is 1. The van der Waals surface area contributed by atoms with E-state index >= 15 is 0 Å². The molecule has 0 aromatic carbocycles. The number of pyridine rings is 1. The summed E-state index contributed by atoms with van der Waals surface area (Å²) in [7, 11) is 0. The molecular weight excluding hydrogens is 180 g/mol. The molecule has 0 saturated heterocycles. The fraction of sp³-hybridized carbons (Fsp3) is 0.286. The third kappa shape index (κ3) is 2.56. The lowest BCUT2D eigenvalue weighted by atomic mass is 10.4. The highest BCUT2D eigenvalue weighted by Gasteiger charge is 1.98. The average molecular weight is 189 g/mol. The van der Waals surface area contributed by atoms with Gasteiger partial charge in [-0.2, -0.15) is 0 Å². The van der Waals surface area contributed by atoms with Gasteiger partial charge in [0.25, 0.3) is 0 Å². The van der Waals surface area contributed by atoms with Crippen molar-refractivity contribution in [2.24, 2.45) is 0 Å². The van der Waals surface area contributed by atoms with Crippen molar-refractivity contribution in [3.05, 3.63) is 17.3 Å². The molecule has 4 nitrogen and oxygen atoms in total. The summed E-state index contributed by atoms with van der Waals surface area (Å²) >= 11 is 5.60. The molecule has 12 heavy (non-hydrogen) atoms. The van der Waals surface area contributed by atoms with Gasteiger partial charge in [0.1, 0.15) is 11.8 Å². The molecule has 3 N–H and O–H groups in total. The first kappa shape index (κ1) is 9.09.